The molecule has 4 aromatic rings. The third kappa shape index (κ3) is 2.55. The van der Waals surface area contributed by atoms with Crippen molar-refractivity contribution in [3.05, 3.63) is 95.3 Å². The van der Waals surface area contributed by atoms with E-state index in [9.17, 15) is 18.0 Å². The summed E-state index contributed by atoms with van der Waals surface area (Å²) in [5, 5.41) is 0. The van der Waals surface area contributed by atoms with Gasteiger partial charge >= 0.3 is 6.18 Å². The maximum atomic E-state index is 13.4. The summed E-state index contributed by atoms with van der Waals surface area (Å²) in [6, 6.07) is 17.5. The number of imidazole rings is 1. The van der Waals surface area contributed by atoms with Crippen LogP contribution in [0.1, 0.15) is 34.0 Å². The Morgan fingerprint density at radius 2 is 1.83 bits per heavy atom. The molecule has 2 heterocycles. The largest absolute Gasteiger partial charge is 0.416 e. The molecule has 3 aromatic carbocycles. The summed E-state index contributed by atoms with van der Waals surface area (Å²) in [5.74, 6) is -0.344. The predicted octanol–water partition coefficient (Wildman–Crippen LogP) is 5.31. The highest BCUT2D eigenvalue weighted by Gasteiger charge is 2.48. The predicted molar refractivity (Wildman–Crippen MR) is 106 cm³/mol. The van der Waals surface area contributed by atoms with E-state index in [1.54, 1.807) is 18.2 Å². The van der Waals surface area contributed by atoms with Crippen molar-refractivity contribution in [1.82, 2.24) is 9.97 Å². The molecule has 0 saturated carbocycles. The number of nitrogens with zero attached hydrogens (tertiary/aromatic N) is 2. The van der Waals surface area contributed by atoms with E-state index in [1.165, 1.54) is 17.0 Å². The highest BCUT2D eigenvalue weighted by atomic mass is 19.4. The van der Waals surface area contributed by atoms with Gasteiger partial charge in [0.05, 0.1) is 22.1 Å². The quantitative estimate of drug-likeness (QED) is 0.491. The third-order valence-electron chi connectivity index (χ3n) is 5.69. The minimum absolute atomic E-state index is 0.185. The number of rotatable bonds is 2. The summed E-state index contributed by atoms with van der Waals surface area (Å²) in [5.41, 5.74) is 1.78. The van der Waals surface area contributed by atoms with Crippen LogP contribution in [-0.4, -0.2) is 15.9 Å². The molecular weight excluding hydrogens is 391 g/mol. The molecule has 0 fully saturated rings. The van der Waals surface area contributed by atoms with Crippen molar-refractivity contribution in [3.63, 3.8) is 0 Å². The molecule has 1 unspecified atom stereocenters. The lowest BCUT2D eigenvalue weighted by molar-refractivity contribution is -0.137. The monoisotopic (exact) mass is 406 g/mol. The molecule has 0 bridgehead atoms. The Balaban J connectivity index is 1.76. The van der Waals surface area contributed by atoms with Crippen LogP contribution in [0.5, 0.6) is 0 Å². The lowest BCUT2D eigenvalue weighted by atomic mass is 9.84. The molecule has 1 aromatic heterocycles. The minimum atomic E-state index is -4.51. The molecule has 1 radical (unpaired) electrons. The van der Waals surface area contributed by atoms with E-state index < -0.39 is 17.3 Å². The zero-order chi connectivity index (χ0) is 21.1. The fourth-order valence-corrected chi connectivity index (χ4v) is 4.20. The molecule has 1 aliphatic heterocycles. The topological polar surface area (TPSA) is 49.0 Å². The number of alkyl halides is 3. The lowest BCUT2D eigenvalue weighted by Crippen LogP contribution is -2.42. The fourth-order valence-electron chi connectivity index (χ4n) is 4.20. The molecule has 1 amide bonds. The second kappa shape index (κ2) is 6.19. The number of nitrogens with one attached hydrogen (secondary N) is 1. The molecular formula is C23H15F3N3O. The van der Waals surface area contributed by atoms with Crippen molar-refractivity contribution in [2.75, 3.05) is 4.90 Å². The second-order valence-corrected chi connectivity index (χ2v) is 7.39. The number of hydrogen-bond acceptors (Lipinski definition) is 2. The first-order valence-electron chi connectivity index (χ1n) is 9.28. The van der Waals surface area contributed by atoms with E-state index in [-0.39, 0.29) is 11.6 Å². The van der Waals surface area contributed by atoms with Gasteiger partial charge in [-0.3, -0.25) is 9.69 Å². The van der Waals surface area contributed by atoms with E-state index in [4.69, 9.17) is 0 Å². The number of anilines is 1. The van der Waals surface area contributed by atoms with Gasteiger partial charge in [0.25, 0.3) is 5.91 Å². The molecule has 0 aliphatic carbocycles. The van der Waals surface area contributed by atoms with Crippen LogP contribution in [-0.2, 0) is 11.7 Å². The maximum absolute atomic E-state index is 13.4. The van der Waals surface area contributed by atoms with Gasteiger partial charge in [-0.2, -0.15) is 13.2 Å². The molecule has 149 valence electrons. The van der Waals surface area contributed by atoms with Crippen LogP contribution in [0.3, 0.4) is 0 Å². The van der Waals surface area contributed by atoms with Crippen molar-refractivity contribution in [1.29, 1.82) is 0 Å². The van der Waals surface area contributed by atoms with Crippen LogP contribution >= 0.6 is 0 Å². The molecule has 7 heteroatoms. The van der Waals surface area contributed by atoms with Crippen LogP contribution in [0, 0.1) is 6.33 Å². The number of amides is 1. The Hall–Kier alpha value is -3.61. The summed E-state index contributed by atoms with van der Waals surface area (Å²) in [6.07, 6.45) is -1.82. The Kier molecular flexibility index (Phi) is 3.80. The van der Waals surface area contributed by atoms with Crippen molar-refractivity contribution in [2.24, 2.45) is 0 Å². The average Bonchev–Trinajstić information content (AvgIpc) is 3.29. The molecule has 1 N–H and O–H groups in total. The highest BCUT2D eigenvalue weighted by Crippen LogP contribution is 2.47. The van der Waals surface area contributed by atoms with E-state index in [1.807, 2.05) is 31.2 Å². The van der Waals surface area contributed by atoms with Crippen molar-refractivity contribution < 1.29 is 18.0 Å². The summed E-state index contributed by atoms with van der Waals surface area (Å²) >= 11 is 0. The Labute approximate surface area is 170 Å². The number of fused-ring (bicyclic) bond motifs is 2. The van der Waals surface area contributed by atoms with Gasteiger partial charge < -0.3 is 4.98 Å². The Bertz CT molecular complexity index is 1290. The SMILES string of the molecule is CC1(c2ccc3n[c][nH]c3c2)c2ccccc2C(=O)N1c1cccc(C(F)(F)F)c1. The van der Waals surface area contributed by atoms with Crippen LogP contribution in [0.4, 0.5) is 18.9 Å². The summed E-state index contributed by atoms with van der Waals surface area (Å²) < 4.78 is 40.1. The van der Waals surface area contributed by atoms with Crippen molar-refractivity contribution >= 4 is 22.6 Å². The first kappa shape index (κ1) is 18.4. The zero-order valence-corrected chi connectivity index (χ0v) is 15.8. The van der Waals surface area contributed by atoms with Gasteiger partial charge in [-0.1, -0.05) is 30.3 Å². The van der Waals surface area contributed by atoms with E-state index in [0.29, 0.717) is 11.1 Å². The summed E-state index contributed by atoms with van der Waals surface area (Å²) in [4.78, 5) is 21.8. The average molecular weight is 406 g/mol. The number of aromatic nitrogens is 2. The Morgan fingerprint density at radius 3 is 2.63 bits per heavy atom. The van der Waals surface area contributed by atoms with Crippen LogP contribution in [0.2, 0.25) is 0 Å². The summed E-state index contributed by atoms with van der Waals surface area (Å²) in [6.45, 7) is 1.85. The van der Waals surface area contributed by atoms with Crippen LogP contribution in [0.15, 0.2) is 66.7 Å². The summed E-state index contributed by atoms with van der Waals surface area (Å²) in [7, 11) is 0. The number of benzene rings is 3. The molecule has 4 nitrogen and oxygen atoms in total. The number of H-pyrrole nitrogens is 1. The van der Waals surface area contributed by atoms with Crippen molar-refractivity contribution in [3.8, 4) is 0 Å². The normalized spacial score (nSPS) is 18.8. The molecule has 1 aliphatic rings. The molecule has 30 heavy (non-hydrogen) atoms. The fraction of sp³-hybridized carbons (Fsp3) is 0.130. The third-order valence-corrected chi connectivity index (χ3v) is 5.69. The number of aromatic amines is 1. The van der Waals surface area contributed by atoms with Gasteiger partial charge in [-0.05, 0) is 54.4 Å². The second-order valence-electron chi connectivity index (χ2n) is 7.39. The maximum Gasteiger partial charge on any atom is 0.416 e. The number of halogens is 3. The van der Waals surface area contributed by atoms with Gasteiger partial charge in [0.2, 0.25) is 0 Å². The van der Waals surface area contributed by atoms with Gasteiger partial charge in [0.1, 0.15) is 0 Å². The standard InChI is InChI=1S/C23H15F3N3O/c1-22(14-9-10-19-20(12-14)28-13-27-19)18-8-3-2-7-17(18)21(30)29(22)16-6-4-5-15(11-16)23(24,25)26/h2-12H,1H3,(H,27,28). The van der Waals surface area contributed by atoms with Crippen LogP contribution in [0.25, 0.3) is 11.0 Å². The van der Waals surface area contributed by atoms with Gasteiger partial charge in [-0.25, -0.2) is 4.98 Å². The van der Waals surface area contributed by atoms with Crippen molar-refractivity contribution in [2.45, 2.75) is 18.6 Å². The number of hydrogen-bond donors (Lipinski definition) is 1. The Morgan fingerprint density at radius 1 is 1.03 bits per heavy atom. The molecule has 0 saturated heterocycles. The minimum Gasteiger partial charge on any atom is -0.335 e. The highest BCUT2D eigenvalue weighted by molar-refractivity contribution is 6.13. The van der Waals surface area contributed by atoms with Gasteiger partial charge in [-0.15, -0.1) is 0 Å². The van der Waals surface area contributed by atoms with Gasteiger partial charge in [0, 0.05) is 11.3 Å². The first-order chi connectivity index (χ1) is 14.3. The van der Waals surface area contributed by atoms with E-state index in [0.717, 1.165) is 28.8 Å². The number of carbonyl (C=O) groups excluding carboxylic acids is 1. The first-order valence-corrected chi connectivity index (χ1v) is 9.28. The van der Waals surface area contributed by atoms with E-state index in [2.05, 4.69) is 16.3 Å². The molecule has 5 rings (SSSR count). The zero-order valence-electron chi connectivity index (χ0n) is 15.8. The molecule has 1 atom stereocenters. The van der Waals surface area contributed by atoms with E-state index >= 15 is 0 Å². The van der Waals surface area contributed by atoms with Crippen LogP contribution < -0.4 is 4.90 Å². The van der Waals surface area contributed by atoms with Gasteiger partial charge in [0.15, 0.2) is 6.33 Å². The number of carbonyl (C=O) groups is 1. The lowest BCUT2D eigenvalue weighted by Gasteiger charge is -2.37. The smallest absolute Gasteiger partial charge is 0.335 e. The molecule has 0 spiro atoms.